The van der Waals surface area contributed by atoms with Crippen molar-refractivity contribution >= 4 is 5.96 Å². The Kier molecular flexibility index (Phi) is 10.6. The molecule has 1 aromatic rings. The summed E-state index contributed by atoms with van der Waals surface area (Å²) < 4.78 is 31.4. The first-order valence-corrected chi connectivity index (χ1v) is 9.27. The summed E-state index contributed by atoms with van der Waals surface area (Å²) in [4.78, 5) is 6.60. The predicted octanol–water partition coefficient (Wildman–Crippen LogP) is 3.02. The van der Waals surface area contributed by atoms with Gasteiger partial charge in [-0.25, -0.2) is 8.78 Å². The first-order chi connectivity index (χ1) is 12.5. The van der Waals surface area contributed by atoms with Crippen LogP contribution >= 0.6 is 0 Å². The molecule has 0 saturated heterocycles. The number of rotatable bonds is 11. The van der Waals surface area contributed by atoms with Crippen LogP contribution in [0.25, 0.3) is 0 Å². The smallest absolute Gasteiger partial charge is 0.191 e. The third kappa shape index (κ3) is 8.47. The van der Waals surface area contributed by atoms with Gasteiger partial charge in [0.25, 0.3) is 0 Å². The molecule has 0 bridgehead atoms. The summed E-state index contributed by atoms with van der Waals surface area (Å²) >= 11 is 0. The zero-order valence-electron chi connectivity index (χ0n) is 16.3. The number of halogens is 2. The summed E-state index contributed by atoms with van der Waals surface area (Å²) in [5.74, 6) is -0.783. The quantitative estimate of drug-likeness (QED) is 0.357. The average Bonchev–Trinajstić information content (AvgIpc) is 2.64. The highest BCUT2D eigenvalue weighted by atomic mass is 19.2. The number of aliphatic imine (C=N–C) groups is 1. The van der Waals surface area contributed by atoms with Gasteiger partial charge in [-0.3, -0.25) is 4.99 Å². The number of guanidine groups is 1. The number of hydrogen-bond acceptors (Lipinski definition) is 3. The van der Waals surface area contributed by atoms with Gasteiger partial charge < -0.3 is 20.3 Å². The number of nitrogens with zero attached hydrogens (tertiary/aromatic N) is 2. The summed E-state index contributed by atoms with van der Waals surface area (Å²) in [5, 5.41) is 6.50. The fourth-order valence-electron chi connectivity index (χ4n) is 2.57. The molecule has 0 aromatic heterocycles. The highest BCUT2D eigenvalue weighted by Crippen LogP contribution is 2.14. The molecule has 7 heteroatoms. The van der Waals surface area contributed by atoms with Crippen LogP contribution in [0.15, 0.2) is 23.2 Å². The van der Waals surface area contributed by atoms with E-state index in [1.165, 1.54) is 6.07 Å². The van der Waals surface area contributed by atoms with Crippen molar-refractivity contribution in [3.8, 4) is 5.75 Å². The predicted molar refractivity (Wildman–Crippen MR) is 103 cm³/mol. The van der Waals surface area contributed by atoms with Crippen LogP contribution in [0.1, 0.15) is 33.6 Å². The largest absolute Gasteiger partial charge is 0.492 e. The Morgan fingerprint density at radius 3 is 2.58 bits per heavy atom. The van der Waals surface area contributed by atoms with Crippen LogP contribution in [0.2, 0.25) is 0 Å². The maximum atomic E-state index is 13.1. The molecule has 0 radical (unpaired) electrons. The Morgan fingerprint density at radius 2 is 1.96 bits per heavy atom. The van der Waals surface area contributed by atoms with Crippen molar-refractivity contribution < 1.29 is 13.5 Å². The molecule has 0 fully saturated rings. The monoisotopic (exact) mass is 370 g/mol. The van der Waals surface area contributed by atoms with E-state index >= 15 is 0 Å². The molecule has 0 spiro atoms. The van der Waals surface area contributed by atoms with Gasteiger partial charge in [-0.1, -0.05) is 13.8 Å². The van der Waals surface area contributed by atoms with E-state index in [1.807, 2.05) is 0 Å². The molecule has 0 aliphatic heterocycles. The lowest BCUT2D eigenvalue weighted by Gasteiger charge is -2.21. The van der Waals surface area contributed by atoms with Gasteiger partial charge in [0.05, 0.1) is 6.54 Å². The number of nitrogens with one attached hydrogen (secondary N) is 2. The van der Waals surface area contributed by atoms with E-state index < -0.39 is 11.6 Å². The molecule has 0 aliphatic rings. The van der Waals surface area contributed by atoms with Gasteiger partial charge in [-0.15, -0.1) is 0 Å². The molecule has 1 rings (SSSR count). The summed E-state index contributed by atoms with van der Waals surface area (Å²) in [6, 6.07) is 3.81. The Bertz CT molecular complexity index is 550. The molecule has 1 aromatic carbocycles. The lowest BCUT2D eigenvalue weighted by molar-refractivity contribution is 0.292. The Balaban J connectivity index is 2.24. The second kappa shape index (κ2) is 12.5. The van der Waals surface area contributed by atoms with Gasteiger partial charge in [0.15, 0.2) is 17.6 Å². The first kappa shape index (κ1) is 22.2. The van der Waals surface area contributed by atoms with Crippen molar-refractivity contribution in [2.45, 2.75) is 39.7 Å². The zero-order chi connectivity index (χ0) is 19.4. The first-order valence-electron chi connectivity index (χ1n) is 9.27. The minimum absolute atomic E-state index is 0.304. The summed E-state index contributed by atoms with van der Waals surface area (Å²) in [6.07, 6.45) is 2.19. The Labute approximate surface area is 155 Å². The van der Waals surface area contributed by atoms with Crippen molar-refractivity contribution in [2.75, 3.05) is 39.8 Å². The van der Waals surface area contributed by atoms with Gasteiger partial charge in [0.1, 0.15) is 12.4 Å². The van der Waals surface area contributed by atoms with Gasteiger partial charge in [0.2, 0.25) is 0 Å². The Morgan fingerprint density at radius 1 is 1.23 bits per heavy atom. The van der Waals surface area contributed by atoms with Gasteiger partial charge in [-0.2, -0.15) is 0 Å². The molecule has 0 amide bonds. The summed E-state index contributed by atoms with van der Waals surface area (Å²) in [5.41, 5.74) is 0. The zero-order valence-corrected chi connectivity index (χ0v) is 16.3. The molecular weight excluding hydrogens is 338 g/mol. The highest BCUT2D eigenvalue weighted by Gasteiger charge is 2.07. The van der Waals surface area contributed by atoms with Crippen LogP contribution in [0.5, 0.6) is 5.75 Å². The molecule has 0 saturated carbocycles. The van der Waals surface area contributed by atoms with Crippen LogP contribution in [0.3, 0.4) is 0 Å². The van der Waals surface area contributed by atoms with Crippen LogP contribution < -0.4 is 15.4 Å². The van der Waals surface area contributed by atoms with Crippen molar-refractivity contribution in [1.29, 1.82) is 0 Å². The van der Waals surface area contributed by atoms with E-state index in [0.717, 1.165) is 44.6 Å². The van der Waals surface area contributed by atoms with Gasteiger partial charge in [0, 0.05) is 19.2 Å². The maximum absolute atomic E-state index is 13.1. The molecule has 0 heterocycles. The topological polar surface area (TPSA) is 48.9 Å². The molecular formula is C19H32F2N4O. The molecule has 5 nitrogen and oxygen atoms in total. The Hall–Kier alpha value is -1.89. The fourth-order valence-corrected chi connectivity index (χ4v) is 2.57. The van der Waals surface area contributed by atoms with E-state index in [-0.39, 0.29) is 0 Å². The van der Waals surface area contributed by atoms with Gasteiger partial charge in [-0.05, 0) is 51.5 Å². The molecule has 2 N–H and O–H groups in total. The third-order valence-corrected chi connectivity index (χ3v) is 4.17. The van der Waals surface area contributed by atoms with E-state index in [4.69, 9.17) is 4.74 Å². The number of benzene rings is 1. The maximum Gasteiger partial charge on any atom is 0.191 e. The summed E-state index contributed by atoms with van der Waals surface area (Å²) in [6.45, 7) is 10.6. The van der Waals surface area contributed by atoms with Crippen LogP contribution in [0.4, 0.5) is 8.78 Å². The number of hydrogen-bond donors (Lipinski definition) is 2. The number of ether oxygens (including phenoxy) is 1. The highest BCUT2D eigenvalue weighted by molar-refractivity contribution is 5.79. The minimum Gasteiger partial charge on any atom is -0.492 e. The van der Waals surface area contributed by atoms with E-state index in [9.17, 15) is 8.78 Å². The van der Waals surface area contributed by atoms with Crippen molar-refractivity contribution in [3.05, 3.63) is 29.8 Å². The van der Waals surface area contributed by atoms with Crippen molar-refractivity contribution in [3.63, 3.8) is 0 Å². The third-order valence-electron chi connectivity index (χ3n) is 4.17. The minimum atomic E-state index is -0.911. The van der Waals surface area contributed by atoms with E-state index in [1.54, 1.807) is 7.05 Å². The van der Waals surface area contributed by atoms with Crippen LogP contribution in [0, 0.1) is 11.6 Å². The van der Waals surface area contributed by atoms with Crippen molar-refractivity contribution in [2.24, 2.45) is 4.99 Å². The van der Waals surface area contributed by atoms with E-state index in [2.05, 4.69) is 41.3 Å². The molecule has 1 atom stereocenters. The molecule has 0 aliphatic carbocycles. The van der Waals surface area contributed by atoms with Crippen molar-refractivity contribution in [1.82, 2.24) is 15.5 Å². The summed E-state index contributed by atoms with van der Waals surface area (Å²) in [7, 11) is 1.72. The normalized spacial score (nSPS) is 13.0. The second-order valence-corrected chi connectivity index (χ2v) is 6.14. The lowest BCUT2D eigenvalue weighted by atomic mass is 10.2. The van der Waals surface area contributed by atoms with E-state index in [0.29, 0.717) is 30.9 Å². The SMILES string of the molecule is CCN(CC)CCCC(C)NC(=NC)NCCOc1ccc(F)c(F)c1. The standard InChI is InChI=1S/C19H32F2N4O/c1-5-25(6-2)12-7-8-15(3)24-19(22-4)23-11-13-26-16-9-10-17(20)18(21)14-16/h9-10,14-15H,5-8,11-13H2,1-4H3,(H2,22,23,24). The van der Waals surface area contributed by atoms with Gasteiger partial charge >= 0.3 is 0 Å². The molecule has 1 unspecified atom stereocenters. The fraction of sp³-hybridized carbons (Fsp3) is 0.632. The second-order valence-electron chi connectivity index (χ2n) is 6.14. The van der Waals surface area contributed by atoms with Crippen LogP contribution in [-0.4, -0.2) is 56.7 Å². The van der Waals surface area contributed by atoms with Crippen LogP contribution in [-0.2, 0) is 0 Å². The lowest BCUT2D eigenvalue weighted by Crippen LogP contribution is -2.43. The molecule has 148 valence electrons. The average molecular weight is 370 g/mol. The molecule has 26 heavy (non-hydrogen) atoms.